The van der Waals surface area contributed by atoms with E-state index < -0.39 is 0 Å². The molecule has 0 bridgehead atoms. The molecule has 0 aliphatic heterocycles. The number of benzene rings is 2. The molecule has 0 fully saturated rings. The summed E-state index contributed by atoms with van der Waals surface area (Å²) in [7, 11) is 1.57. The molecule has 0 spiro atoms. The zero-order valence-electron chi connectivity index (χ0n) is 11.6. The van der Waals surface area contributed by atoms with Crippen molar-refractivity contribution >= 4 is 0 Å². The van der Waals surface area contributed by atoms with Crippen molar-refractivity contribution in [1.29, 1.82) is 0 Å². The van der Waals surface area contributed by atoms with E-state index in [9.17, 15) is 5.11 Å². The van der Waals surface area contributed by atoms with Crippen LogP contribution in [0.25, 0.3) is 0 Å². The van der Waals surface area contributed by atoms with E-state index in [0.29, 0.717) is 18.2 Å². The first-order valence-corrected chi connectivity index (χ1v) is 6.93. The highest BCUT2D eigenvalue weighted by atomic mass is 16.5. The molecule has 2 aromatic carbocycles. The van der Waals surface area contributed by atoms with Crippen molar-refractivity contribution in [3.8, 4) is 11.5 Å². The van der Waals surface area contributed by atoms with Crippen molar-refractivity contribution in [2.24, 2.45) is 0 Å². The summed E-state index contributed by atoms with van der Waals surface area (Å²) >= 11 is 0. The van der Waals surface area contributed by atoms with Gasteiger partial charge >= 0.3 is 0 Å². The van der Waals surface area contributed by atoms with Crippen LogP contribution in [0, 0.1) is 0 Å². The van der Waals surface area contributed by atoms with Crippen LogP contribution in [0.15, 0.2) is 42.5 Å². The van der Waals surface area contributed by atoms with Crippen molar-refractivity contribution < 1.29 is 9.84 Å². The molecule has 0 saturated heterocycles. The fourth-order valence-corrected chi connectivity index (χ4v) is 2.80. The maximum absolute atomic E-state index is 10.0. The number of methoxy groups -OCH3 is 1. The second-order valence-corrected chi connectivity index (χ2v) is 5.20. The van der Waals surface area contributed by atoms with Gasteiger partial charge in [-0.3, -0.25) is 0 Å². The molecule has 3 nitrogen and oxygen atoms in total. The zero-order chi connectivity index (χ0) is 13.9. The van der Waals surface area contributed by atoms with Gasteiger partial charge in [0.05, 0.1) is 7.11 Å². The topological polar surface area (TPSA) is 41.5 Å². The van der Waals surface area contributed by atoms with E-state index >= 15 is 0 Å². The number of ether oxygens (including phenoxy) is 1. The number of hydrogen-bond donors (Lipinski definition) is 2. The molecule has 0 heterocycles. The Hall–Kier alpha value is -2.00. The molecule has 20 heavy (non-hydrogen) atoms. The van der Waals surface area contributed by atoms with Gasteiger partial charge in [0.1, 0.15) is 0 Å². The molecule has 1 atom stereocenters. The molecule has 3 heteroatoms. The minimum absolute atomic E-state index is 0.233. The Morgan fingerprint density at radius 3 is 2.85 bits per heavy atom. The number of phenols is 1. The van der Waals surface area contributed by atoms with Gasteiger partial charge in [0, 0.05) is 24.6 Å². The van der Waals surface area contributed by atoms with Crippen LogP contribution in [0.2, 0.25) is 0 Å². The predicted octanol–water partition coefficient (Wildman–Crippen LogP) is 2.83. The molecule has 104 valence electrons. The first-order valence-electron chi connectivity index (χ1n) is 6.93. The quantitative estimate of drug-likeness (QED) is 0.877. The average Bonchev–Trinajstić information content (AvgIpc) is 2.45. The fourth-order valence-electron chi connectivity index (χ4n) is 2.80. The molecular weight excluding hydrogens is 250 g/mol. The fraction of sp³-hybridized carbons (Fsp3) is 0.294. The molecule has 2 aromatic rings. The number of fused-ring (bicyclic) bond motifs is 1. The molecule has 2 N–H and O–H groups in total. The van der Waals surface area contributed by atoms with Crippen LogP contribution in [0.3, 0.4) is 0 Å². The summed E-state index contributed by atoms with van der Waals surface area (Å²) in [5.74, 6) is 1.36. The van der Waals surface area contributed by atoms with Crippen LogP contribution in [0.1, 0.15) is 22.6 Å². The highest BCUT2D eigenvalue weighted by Crippen LogP contribution is 2.34. The average molecular weight is 269 g/mol. The van der Waals surface area contributed by atoms with Gasteiger partial charge < -0.3 is 15.2 Å². The van der Waals surface area contributed by atoms with E-state index in [0.717, 1.165) is 18.5 Å². The van der Waals surface area contributed by atoms with Crippen molar-refractivity contribution in [1.82, 2.24) is 5.32 Å². The van der Waals surface area contributed by atoms with E-state index in [1.807, 2.05) is 12.1 Å². The molecule has 0 aromatic heterocycles. The van der Waals surface area contributed by atoms with Gasteiger partial charge in [-0.15, -0.1) is 0 Å². The van der Waals surface area contributed by atoms with Crippen molar-refractivity contribution in [2.45, 2.75) is 18.9 Å². The van der Waals surface area contributed by atoms with Crippen molar-refractivity contribution in [3.05, 3.63) is 59.2 Å². The summed E-state index contributed by atoms with van der Waals surface area (Å²) in [6, 6.07) is 14.2. The number of hydrogen-bond acceptors (Lipinski definition) is 3. The molecule has 0 saturated carbocycles. The first-order chi connectivity index (χ1) is 9.79. The number of rotatable bonds is 5. The van der Waals surface area contributed by atoms with Gasteiger partial charge in [-0.05, 0) is 23.6 Å². The summed E-state index contributed by atoms with van der Waals surface area (Å²) in [5, 5.41) is 13.4. The maximum atomic E-state index is 10.0. The predicted molar refractivity (Wildman–Crippen MR) is 79.3 cm³/mol. The standard InChI is InChI=1S/C17H19NO2/c1-20-16-8-4-6-13(17(16)19)10-18-11-14-9-12-5-2-3-7-15(12)14/h2-8,14,18-19H,9-11H2,1H3. The smallest absolute Gasteiger partial charge is 0.162 e. The van der Waals surface area contributed by atoms with E-state index in [1.54, 1.807) is 13.2 Å². The van der Waals surface area contributed by atoms with Gasteiger partial charge in [-0.1, -0.05) is 36.4 Å². The second kappa shape index (κ2) is 5.55. The molecule has 1 aliphatic carbocycles. The summed E-state index contributed by atoms with van der Waals surface area (Å²) < 4.78 is 5.11. The maximum Gasteiger partial charge on any atom is 0.162 e. The van der Waals surface area contributed by atoms with Gasteiger partial charge in [-0.2, -0.15) is 0 Å². The Balaban J connectivity index is 1.57. The Kier molecular flexibility index (Phi) is 3.61. The minimum atomic E-state index is 0.233. The van der Waals surface area contributed by atoms with Gasteiger partial charge in [-0.25, -0.2) is 0 Å². The van der Waals surface area contributed by atoms with Gasteiger partial charge in [0.25, 0.3) is 0 Å². The first kappa shape index (κ1) is 13.0. The number of aromatic hydroxyl groups is 1. The third kappa shape index (κ3) is 2.37. The summed E-state index contributed by atoms with van der Waals surface area (Å²) in [5.41, 5.74) is 3.79. The molecule has 1 aliphatic rings. The van der Waals surface area contributed by atoms with Crippen LogP contribution in [-0.4, -0.2) is 18.8 Å². The Labute approximate surface area is 119 Å². The van der Waals surface area contributed by atoms with Crippen LogP contribution >= 0.6 is 0 Å². The lowest BCUT2D eigenvalue weighted by Crippen LogP contribution is -2.28. The van der Waals surface area contributed by atoms with Crippen LogP contribution < -0.4 is 10.1 Å². The SMILES string of the molecule is COc1cccc(CNCC2Cc3ccccc32)c1O. The van der Waals surface area contributed by atoms with Gasteiger partial charge in [0.2, 0.25) is 0 Å². The lowest BCUT2D eigenvalue weighted by Gasteiger charge is -2.30. The van der Waals surface area contributed by atoms with Crippen LogP contribution in [0.5, 0.6) is 11.5 Å². The van der Waals surface area contributed by atoms with Gasteiger partial charge in [0.15, 0.2) is 11.5 Å². The monoisotopic (exact) mass is 269 g/mol. The Morgan fingerprint density at radius 2 is 2.05 bits per heavy atom. The highest BCUT2D eigenvalue weighted by molar-refractivity contribution is 5.45. The molecule has 1 unspecified atom stereocenters. The molecule has 0 amide bonds. The number of phenolic OH excluding ortho intramolecular Hbond substituents is 1. The Morgan fingerprint density at radius 1 is 1.20 bits per heavy atom. The third-order valence-corrected chi connectivity index (χ3v) is 3.97. The summed E-state index contributed by atoms with van der Waals surface area (Å²) in [4.78, 5) is 0. The molecular formula is C17H19NO2. The van der Waals surface area contributed by atoms with Crippen molar-refractivity contribution in [2.75, 3.05) is 13.7 Å². The number of para-hydroxylation sites is 1. The van der Waals surface area contributed by atoms with Crippen LogP contribution in [0.4, 0.5) is 0 Å². The largest absolute Gasteiger partial charge is 0.504 e. The normalized spacial score (nSPS) is 16.4. The zero-order valence-corrected chi connectivity index (χ0v) is 11.6. The minimum Gasteiger partial charge on any atom is -0.504 e. The third-order valence-electron chi connectivity index (χ3n) is 3.97. The van der Waals surface area contributed by atoms with E-state index in [-0.39, 0.29) is 5.75 Å². The molecule has 0 radical (unpaired) electrons. The van der Waals surface area contributed by atoms with Crippen LogP contribution in [-0.2, 0) is 13.0 Å². The highest BCUT2D eigenvalue weighted by Gasteiger charge is 2.24. The van der Waals surface area contributed by atoms with E-state index in [2.05, 4.69) is 29.6 Å². The van der Waals surface area contributed by atoms with E-state index in [4.69, 9.17) is 4.74 Å². The van der Waals surface area contributed by atoms with E-state index in [1.165, 1.54) is 11.1 Å². The number of nitrogens with one attached hydrogen (secondary N) is 1. The van der Waals surface area contributed by atoms with Crippen molar-refractivity contribution in [3.63, 3.8) is 0 Å². The second-order valence-electron chi connectivity index (χ2n) is 5.20. The molecule has 3 rings (SSSR count). The summed E-state index contributed by atoms with van der Waals surface area (Å²) in [6.07, 6.45) is 1.15. The lowest BCUT2D eigenvalue weighted by atomic mass is 9.77. The summed E-state index contributed by atoms with van der Waals surface area (Å²) in [6.45, 7) is 1.59. The lowest BCUT2D eigenvalue weighted by molar-refractivity contribution is 0.369. The Bertz CT molecular complexity index is 610.